The van der Waals surface area contributed by atoms with E-state index >= 15 is 0 Å². The van der Waals surface area contributed by atoms with Crippen molar-refractivity contribution in [2.75, 3.05) is 11.5 Å². The number of allylic oxidation sites excluding steroid dienone is 4. The number of thioether (sulfide) groups is 1. The Morgan fingerprint density at radius 2 is 1.95 bits per heavy atom. The Bertz CT molecular complexity index is 303. The summed E-state index contributed by atoms with van der Waals surface area (Å²) < 4.78 is 13.5. The van der Waals surface area contributed by atoms with E-state index in [4.69, 9.17) is 5.11 Å². The van der Waals surface area contributed by atoms with Crippen LogP contribution in [0.3, 0.4) is 0 Å². The van der Waals surface area contributed by atoms with E-state index in [0.717, 1.165) is 12.8 Å². The average molecular weight is 315 g/mol. The van der Waals surface area contributed by atoms with Crippen molar-refractivity contribution in [3.8, 4) is 0 Å². The monoisotopic (exact) mass is 315 g/mol. The molecule has 0 amide bonds. The van der Waals surface area contributed by atoms with Crippen LogP contribution in [-0.4, -0.2) is 28.8 Å². The van der Waals surface area contributed by atoms with Crippen LogP contribution in [0.15, 0.2) is 24.3 Å². The molecule has 122 valence electrons. The fraction of sp³-hybridized carbons (Fsp3) is 0.706. The summed E-state index contributed by atoms with van der Waals surface area (Å²) >= 11 is 1.51. The van der Waals surface area contributed by atoms with Gasteiger partial charge in [0.05, 0.1) is 6.42 Å². The zero-order valence-corrected chi connectivity index (χ0v) is 13.9. The van der Waals surface area contributed by atoms with E-state index in [2.05, 4.69) is 19.1 Å². The number of rotatable bonds is 14. The lowest BCUT2D eigenvalue weighted by atomic mass is 10.2. The molecular formula is C17H29FO2S. The predicted octanol–water partition coefficient (Wildman–Crippen LogP) is 5.40. The third kappa shape index (κ3) is 17.2. The summed E-state index contributed by atoms with van der Waals surface area (Å²) in [4.78, 5) is 10.3. The molecule has 1 unspecified atom stereocenters. The zero-order valence-electron chi connectivity index (χ0n) is 13.1. The fourth-order valence-electron chi connectivity index (χ4n) is 1.74. The summed E-state index contributed by atoms with van der Waals surface area (Å²) in [6.45, 7) is 2.20. The fourth-order valence-corrected chi connectivity index (χ4v) is 2.68. The Balaban J connectivity index is 3.40. The molecule has 2 nitrogen and oxygen atoms in total. The van der Waals surface area contributed by atoms with Gasteiger partial charge in [-0.25, -0.2) is 4.39 Å². The molecule has 0 aliphatic rings. The van der Waals surface area contributed by atoms with E-state index in [0.29, 0.717) is 24.3 Å². The first kappa shape index (κ1) is 20.2. The number of carbonyl (C=O) groups is 1. The van der Waals surface area contributed by atoms with Crippen LogP contribution in [0.2, 0.25) is 0 Å². The number of unbranched alkanes of at least 4 members (excludes halogenated alkanes) is 3. The van der Waals surface area contributed by atoms with E-state index in [-0.39, 0.29) is 6.42 Å². The summed E-state index contributed by atoms with van der Waals surface area (Å²) in [5.74, 6) is 0.477. The van der Waals surface area contributed by atoms with Gasteiger partial charge in [-0.15, -0.1) is 0 Å². The van der Waals surface area contributed by atoms with Crippen molar-refractivity contribution in [1.82, 2.24) is 0 Å². The number of alkyl halides is 1. The van der Waals surface area contributed by atoms with Gasteiger partial charge in [-0.05, 0) is 37.9 Å². The molecule has 0 radical (unpaired) electrons. The largest absolute Gasteiger partial charge is 0.481 e. The molecule has 0 rings (SSSR count). The Hall–Kier alpha value is -0.770. The van der Waals surface area contributed by atoms with Gasteiger partial charge in [0.1, 0.15) is 6.17 Å². The van der Waals surface area contributed by atoms with Gasteiger partial charge in [0.25, 0.3) is 0 Å². The van der Waals surface area contributed by atoms with Gasteiger partial charge in [-0.3, -0.25) is 4.79 Å². The van der Waals surface area contributed by atoms with Gasteiger partial charge in [0.15, 0.2) is 0 Å². The highest BCUT2D eigenvalue weighted by atomic mass is 32.2. The Morgan fingerprint density at radius 1 is 1.19 bits per heavy atom. The average Bonchev–Trinajstić information content (AvgIpc) is 2.45. The lowest BCUT2D eigenvalue weighted by Gasteiger charge is -2.04. The molecule has 0 aromatic heterocycles. The smallest absolute Gasteiger partial charge is 0.304 e. The standard InChI is InChI=1S/C17H29FO2S/c1-2-3-4-5-6-7-8-9-10-11-16(18)12-14-21-15-13-17(19)20/h6-7,9-10,16H,2-5,8,11-15H2,1H3,(H,19,20)/b7-6-,10-9-/i18-1. The van der Waals surface area contributed by atoms with Crippen molar-refractivity contribution in [1.29, 1.82) is 0 Å². The van der Waals surface area contributed by atoms with Crippen LogP contribution >= 0.6 is 11.8 Å². The van der Waals surface area contributed by atoms with Gasteiger partial charge in [-0.1, -0.05) is 44.1 Å². The van der Waals surface area contributed by atoms with Crippen molar-refractivity contribution >= 4 is 17.7 Å². The quantitative estimate of drug-likeness (QED) is 0.345. The molecule has 0 aliphatic heterocycles. The SMILES string of the molecule is CCCCC/C=C\C/C=C\CC([18F])CCSCCC(=O)O. The topological polar surface area (TPSA) is 37.3 Å². The summed E-state index contributed by atoms with van der Waals surface area (Å²) in [7, 11) is 0. The van der Waals surface area contributed by atoms with E-state index < -0.39 is 12.1 Å². The van der Waals surface area contributed by atoms with Crippen LogP contribution in [0.25, 0.3) is 0 Å². The third-order valence-electron chi connectivity index (χ3n) is 3.01. The first-order valence-corrected chi connectivity index (χ1v) is 9.05. The normalized spacial score (nSPS) is 13.2. The van der Waals surface area contributed by atoms with Gasteiger partial charge >= 0.3 is 5.97 Å². The van der Waals surface area contributed by atoms with E-state index in [1.165, 1.54) is 31.0 Å². The zero-order chi connectivity index (χ0) is 15.8. The van der Waals surface area contributed by atoms with E-state index in [1.807, 2.05) is 12.2 Å². The van der Waals surface area contributed by atoms with E-state index in [1.54, 1.807) is 0 Å². The molecule has 4 heteroatoms. The number of carboxylic acids is 1. The highest BCUT2D eigenvalue weighted by Crippen LogP contribution is 2.11. The first-order chi connectivity index (χ1) is 10.2. The molecule has 0 aromatic rings. The molecule has 0 heterocycles. The van der Waals surface area contributed by atoms with Gasteiger partial charge in [0.2, 0.25) is 0 Å². The molecular weight excluding hydrogens is 286 g/mol. The number of carboxylic acid groups (broad SMARTS) is 1. The van der Waals surface area contributed by atoms with Crippen molar-refractivity contribution in [2.45, 2.75) is 64.5 Å². The lowest BCUT2D eigenvalue weighted by molar-refractivity contribution is -0.136. The molecule has 0 saturated carbocycles. The molecule has 1 N–H and O–H groups in total. The molecule has 0 fully saturated rings. The Kier molecular flexibility index (Phi) is 15.0. The maximum atomic E-state index is 13.5. The highest BCUT2D eigenvalue weighted by Gasteiger charge is 2.04. The molecule has 0 bridgehead atoms. The van der Waals surface area contributed by atoms with Crippen LogP contribution in [-0.2, 0) is 4.79 Å². The second kappa shape index (κ2) is 15.6. The minimum atomic E-state index is -0.813. The van der Waals surface area contributed by atoms with Crippen LogP contribution in [0.5, 0.6) is 0 Å². The van der Waals surface area contributed by atoms with Crippen molar-refractivity contribution in [2.24, 2.45) is 0 Å². The maximum absolute atomic E-state index is 13.5. The maximum Gasteiger partial charge on any atom is 0.304 e. The third-order valence-corrected chi connectivity index (χ3v) is 4.02. The minimum Gasteiger partial charge on any atom is -0.481 e. The highest BCUT2D eigenvalue weighted by molar-refractivity contribution is 7.99. The summed E-state index contributed by atoms with van der Waals surface area (Å²) in [5, 5.41) is 8.47. The summed E-state index contributed by atoms with van der Waals surface area (Å²) in [6, 6.07) is 0. The van der Waals surface area contributed by atoms with Crippen LogP contribution in [0.4, 0.5) is 4.39 Å². The Labute approximate surface area is 132 Å². The lowest BCUT2D eigenvalue weighted by Crippen LogP contribution is -2.01. The molecule has 0 aliphatic carbocycles. The molecule has 0 spiro atoms. The molecule has 0 aromatic carbocycles. The second-order valence-electron chi connectivity index (χ2n) is 5.05. The Morgan fingerprint density at radius 3 is 2.67 bits per heavy atom. The molecule has 21 heavy (non-hydrogen) atoms. The van der Waals surface area contributed by atoms with E-state index in [9.17, 15) is 9.18 Å². The van der Waals surface area contributed by atoms with Gasteiger partial charge < -0.3 is 5.11 Å². The first-order valence-electron chi connectivity index (χ1n) is 7.90. The number of hydrogen-bond donors (Lipinski definition) is 1. The second-order valence-corrected chi connectivity index (χ2v) is 6.28. The number of aliphatic carboxylic acids is 1. The van der Waals surface area contributed by atoms with Crippen molar-refractivity contribution < 1.29 is 14.3 Å². The summed E-state index contributed by atoms with van der Waals surface area (Å²) in [6.07, 6.45) is 14.4. The number of halogens is 1. The van der Waals surface area contributed by atoms with Gasteiger partial charge in [-0.2, -0.15) is 11.8 Å². The number of hydrogen-bond acceptors (Lipinski definition) is 2. The van der Waals surface area contributed by atoms with Crippen molar-refractivity contribution in [3.63, 3.8) is 0 Å². The van der Waals surface area contributed by atoms with Crippen LogP contribution in [0, 0.1) is 0 Å². The van der Waals surface area contributed by atoms with Gasteiger partial charge in [0, 0.05) is 5.75 Å². The summed E-state index contributed by atoms with van der Waals surface area (Å²) in [5.41, 5.74) is 0. The van der Waals surface area contributed by atoms with Crippen molar-refractivity contribution in [3.05, 3.63) is 24.3 Å². The minimum absolute atomic E-state index is 0.159. The molecule has 1 atom stereocenters. The molecule has 0 saturated heterocycles. The van der Waals surface area contributed by atoms with Crippen LogP contribution < -0.4 is 0 Å². The van der Waals surface area contributed by atoms with Crippen LogP contribution in [0.1, 0.15) is 58.3 Å². The predicted molar refractivity (Wildman–Crippen MR) is 90.7 cm³/mol.